The quantitative estimate of drug-likeness (QED) is 0.162. The Morgan fingerprint density at radius 1 is 0.382 bits per heavy atom. The van der Waals surface area contributed by atoms with E-state index in [1.165, 1.54) is 11.1 Å². The van der Waals surface area contributed by atoms with E-state index in [-0.39, 0.29) is 0 Å². The van der Waals surface area contributed by atoms with Gasteiger partial charge in [0.25, 0.3) is 0 Å². The lowest BCUT2D eigenvalue weighted by molar-refractivity contribution is 0.623. The molecule has 2 aromatic heterocycles. The predicted molar refractivity (Wildman–Crippen MR) is 227 cm³/mol. The molecule has 0 aliphatic carbocycles. The number of oxazole rings is 1. The van der Waals surface area contributed by atoms with Crippen molar-refractivity contribution in [2.24, 2.45) is 0 Å². The van der Waals surface area contributed by atoms with Crippen molar-refractivity contribution in [3.05, 3.63) is 194 Å². The Morgan fingerprint density at radius 2 is 1.04 bits per heavy atom. The van der Waals surface area contributed by atoms with Crippen molar-refractivity contribution in [3.63, 3.8) is 0 Å². The highest BCUT2D eigenvalue weighted by Gasteiger charge is 2.20. The van der Waals surface area contributed by atoms with E-state index in [2.05, 4.69) is 157 Å². The fraction of sp³-hybridized carbons (Fsp3) is 0. The van der Waals surface area contributed by atoms with Crippen LogP contribution in [-0.4, -0.2) is 4.98 Å². The highest BCUT2D eigenvalue weighted by molar-refractivity contribution is 6.22. The summed E-state index contributed by atoms with van der Waals surface area (Å²) in [7, 11) is 0. The molecule has 4 nitrogen and oxygen atoms in total. The van der Waals surface area contributed by atoms with Crippen LogP contribution in [0, 0.1) is 0 Å². The van der Waals surface area contributed by atoms with Gasteiger partial charge in [0.15, 0.2) is 5.58 Å². The molecule has 0 bridgehead atoms. The fourth-order valence-electron chi connectivity index (χ4n) is 8.10. The van der Waals surface area contributed by atoms with Crippen LogP contribution in [-0.2, 0) is 0 Å². The van der Waals surface area contributed by atoms with Gasteiger partial charge in [-0.2, -0.15) is 0 Å². The van der Waals surface area contributed by atoms with Gasteiger partial charge in [0.05, 0.1) is 0 Å². The van der Waals surface area contributed by atoms with Crippen molar-refractivity contribution in [2.75, 3.05) is 4.90 Å². The summed E-state index contributed by atoms with van der Waals surface area (Å²) in [6.07, 6.45) is 0. The summed E-state index contributed by atoms with van der Waals surface area (Å²) in [5.74, 6) is 0.615. The maximum atomic E-state index is 6.66. The second kappa shape index (κ2) is 12.6. The van der Waals surface area contributed by atoms with Gasteiger partial charge in [0.2, 0.25) is 5.89 Å². The van der Waals surface area contributed by atoms with Crippen molar-refractivity contribution >= 4 is 71.6 Å². The first-order valence-corrected chi connectivity index (χ1v) is 18.5. The predicted octanol–water partition coefficient (Wildman–Crippen LogP) is 14.5. The highest BCUT2D eigenvalue weighted by Crippen LogP contribution is 2.44. The molecule has 0 atom stereocenters. The third-order valence-electron chi connectivity index (χ3n) is 10.7. The first-order valence-electron chi connectivity index (χ1n) is 18.5. The lowest BCUT2D eigenvalue weighted by atomic mass is 9.92. The zero-order chi connectivity index (χ0) is 36.3. The van der Waals surface area contributed by atoms with Gasteiger partial charge < -0.3 is 13.7 Å². The third-order valence-corrected chi connectivity index (χ3v) is 10.7. The van der Waals surface area contributed by atoms with Gasteiger partial charge in [-0.1, -0.05) is 127 Å². The van der Waals surface area contributed by atoms with Crippen LogP contribution in [0.2, 0.25) is 0 Å². The minimum absolute atomic E-state index is 0.615. The van der Waals surface area contributed by atoms with E-state index in [0.717, 1.165) is 88.3 Å². The van der Waals surface area contributed by atoms with Crippen LogP contribution in [0.4, 0.5) is 17.1 Å². The zero-order valence-electron chi connectivity index (χ0n) is 29.7. The summed E-state index contributed by atoms with van der Waals surface area (Å²) >= 11 is 0. The lowest BCUT2D eigenvalue weighted by Crippen LogP contribution is -2.09. The lowest BCUT2D eigenvalue weighted by Gasteiger charge is -2.26. The van der Waals surface area contributed by atoms with Gasteiger partial charge in [-0.15, -0.1) is 0 Å². The molecule has 0 N–H and O–H groups in total. The molecule has 11 rings (SSSR count). The first kappa shape index (κ1) is 31.1. The molecule has 4 heteroatoms. The van der Waals surface area contributed by atoms with E-state index in [1.807, 2.05) is 42.5 Å². The van der Waals surface area contributed by atoms with E-state index in [9.17, 15) is 0 Å². The highest BCUT2D eigenvalue weighted by atomic mass is 16.3. The number of aromatic nitrogens is 1. The molecular formula is C51H32N2O2. The Labute approximate surface area is 317 Å². The van der Waals surface area contributed by atoms with Gasteiger partial charge in [0, 0.05) is 44.3 Å². The molecule has 0 saturated carbocycles. The van der Waals surface area contributed by atoms with Crippen LogP contribution in [0.3, 0.4) is 0 Å². The topological polar surface area (TPSA) is 42.4 Å². The van der Waals surface area contributed by atoms with Crippen molar-refractivity contribution in [2.45, 2.75) is 0 Å². The summed E-state index contributed by atoms with van der Waals surface area (Å²) in [5.41, 5.74) is 12.0. The van der Waals surface area contributed by atoms with Gasteiger partial charge in [0.1, 0.15) is 16.7 Å². The minimum atomic E-state index is 0.615. The SMILES string of the molecule is c1ccc(-c2nc3ccc4cc(-c5ccccc5)c5ccc(N(c6ccccc6)c6ccc(-c7cccc8c7oc7ccccc78)cc6)cc5c4c3o2)cc1. The largest absolute Gasteiger partial charge is 0.455 e. The molecule has 0 aliphatic heterocycles. The van der Waals surface area contributed by atoms with Crippen LogP contribution >= 0.6 is 0 Å². The molecule has 0 saturated heterocycles. The molecule has 9 aromatic carbocycles. The second-order valence-electron chi connectivity index (χ2n) is 13.9. The first-order chi connectivity index (χ1) is 27.3. The molecule has 0 radical (unpaired) electrons. The number of furan rings is 1. The van der Waals surface area contributed by atoms with Crippen LogP contribution in [0.1, 0.15) is 0 Å². The molecule has 11 aromatic rings. The number of hydrogen-bond acceptors (Lipinski definition) is 4. The number of nitrogens with zero attached hydrogens (tertiary/aromatic N) is 2. The fourth-order valence-corrected chi connectivity index (χ4v) is 8.10. The Kier molecular flexibility index (Phi) is 7.14. The molecule has 0 aliphatic rings. The van der Waals surface area contributed by atoms with Gasteiger partial charge in [-0.3, -0.25) is 0 Å². The van der Waals surface area contributed by atoms with Gasteiger partial charge in [-0.05, 0) is 99.6 Å². The molecule has 0 fully saturated rings. The zero-order valence-corrected chi connectivity index (χ0v) is 29.7. The van der Waals surface area contributed by atoms with E-state index >= 15 is 0 Å². The van der Waals surface area contributed by atoms with E-state index < -0.39 is 0 Å². The number of benzene rings is 9. The van der Waals surface area contributed by atoms with E-state index in [1.54, 1.807) is 0 Å². The van der Waals surface area contributed by atoms with Crippen molar-refractivity contribution < 1.29 is 8.83 Å². The summed E-state index contributed by atoms with van der Waals surface area (Å²) < 4.78 is 13.1. The van der Waals surface area contributed by atoms with Crippen LogP contribution in [0.25, 0.3) is 88.3 Å². The smallest absolute Gasteiger partial charge is 0.227 e. The number of anilines is 3. The molecule has 2 heterocycles. The average molecular weight is 705 g/mol. The normalized spacial score (nSPS) is 11.6. The molecule has 0 unspecified atom stereocenters. The van der Waals surface area contributed by atoms with Crippen molar-refractivity contribution in [1.82, 2.24) is 4.98 Å². The number of rotatable bonds is 6. The molecule has 0 amide bonds. The summed E-state index contributed by atoms with van der Waals surface area (Å²) in [4.78, 5) is 7.28. The van der Waals surface area contributed by atoms with Crippen LogP contribution < -0.4 is 4.90 Å². The summed E-state index contributed by atoms with van der Waals surface area (Å²) in [6.45, 7) is 0. The Bertz CT molecular complexity index is 3180. The molecule has 258 valence electrons. The van der Waals surface area contributed by atoms with Crippen LogP contribution in [0.5, 0.6) is 0 Å². The number of para-hydroxylation sites is 3. The van der Waals surface area contributed by atoms with E-state index in [4.69, 9.17) is 13.8 Å². The summed E-state index contributed by atoms with van der Waals surface area (Å²) in [6, 6.07) is 68.0. The maximum absolute atomic E-state index is 6.66. The van der Waals surface area contributed by atoms with Crippen molar-refractivity contribution in [3.8, 4) is 33.7 Å². The Hall–Kier alpha value is -7.43. The molecular weight excluding hydrogens is 673 g/mol. The molecule has 55 heavy (non-hydrogen) atoms. The average Bonchev–Trinajstić information content (AvgIpc) is 3.87. The minimum Gasteiger partial charge on any atom is -0.455 e. The molecule has 0 spiro atoms. The Morgan fingerprint density at radius 3 is 1.84 bits per heavy atom. The van der Waals surface area contributed by atoms with Crippen molar-refractivity contribution in [1.29, 1.82) is 0 Å². The van der Waals surface area contributed by atoms with Crippen LogP contribution in [0.15, 0.2) is 203 Å². The number of fused-ring (bicyclic) bond motifs is 8. The number of hydrogen-bond donors (Lipinski definition) is 0. The monoisotopic (exact) mass is 704 g/mol. The maximum Gasteiger partial charge on any atom is 0.227 e. The standard InChI is InChI=1S/C51H32N2O2/c1-4-13-33(14-5-1)44-31-36-25-30-46-50(55-51(52-46)35-15-6-2-7-16-35)48(36)45-32-39(28-29-41(44)45)53(37-17-8-3-9-18-37)38-26-23-34(24-27-38)40-20-12-21-43-42-19-10-11-22-47(42)54-49(40)43/h1-32H. The summed E-state index contributed by atoms with van der Waals surface area (Å²) in [5, 5.41) is 6.65. The van der Waals surface area contributed by atoms with Gasteiger partial charge >= 0.3 is 0 Å². The van der Waals surface area contributed by atoms with Gasteiger partial charge in [-0.25, -0.2) is 4.98 Å². The third kappa shape index (κ3) is 5.19. The van der Waals surface area contributed by atoms with E-state index in [0.29, 0.717) is 5.89 Å². The Balaban J connectivity index is 1.11. The second-order valence-corrected chi connectivity index (χ2v) is 13.9.